The molecule has 0 radical (unpaired) electrons. The Morgan fingerprint density at radius 1 is 1.41 bits per heavy atom. The Morgan fingerprint density at radius 3 is 2.71 bits per heavy atom. The zero-order valence-corrected chi connectivity index (χ0v) is 9.95. The van der Waals surface area contributed by atoms with Crippen LogP contribution in [-0.2, 0) is 4.74 Å². The topological polar surface area (TPSA) is 33.0 Å². The quantitative estimate of drug-likeness (QED) is 0.799. The van der Waals surface area contributed by atoms with E-state index in [1.165, 1.54) is 18.9 Å². The molecule has 0 bridgehead atoms. The summed E-state index contributed by atoms with van der Waals surface area (Å²) in [7, 11) is 1.63. The van der Waals surface area contributed by atoms with E-state index in [9.17, 15) is 4.39 Å². The predicted octanol–water partition coefficient (Wildman–Crippen LogP) is 3.58. The maximum Gasteiger partial charge on any atom is 0.141 e. The third-order valence-corrected chi connectivity index (χ3v) is 3.55. The van der Waals surface area contributed by atoms with Crippen LogP contribution in [0.15, 0.2) is 18.2 Å². The lowest BCUT2D eigenvalue weighted by Gasteiger charge is -2.23. The molecule has 1 unspecified atom stereocenters. The molecule has 1 aromatic rings. The van der Waals surface area contributed by atoms with Crippen molar-refractivity contribution in [2.45, 2.75) is 31.8 Å². The van der Waals surface area contributed by atoms with Gasteiger partial charge in [-0.2, -0.15) is 5.26 Å². The van der Waals surface area contributed by atoms with Gasteiger partial charge >= 0.3 is 0 Å². The second-order valence-electron chi connectivity index (χ2n) is 4.52. The van der Waals surface area contributed by atoms with Gasteiger partial charge < -0.3 is 4.74 Å². The van der Waals surface area contributed by atoms with E-state index in [1.54, 1.807) is 19.2 Å². The minimum atomic E-state index is -0.454. The van der Waals surface area contributed by atoms with Crippen LogP contribution in [0.3, 0.4) is 0 Å². The maximum absolute atomic E-state index is 13.6. The van der Waals surface area contributed by atoms with Crippen molar-refractivity contribution in [3.63, 3.8) is 0 Å². The number of nitriles is 1. The number of nitrogens with zero attached hydrogens (tertiary/aromatic N) is 1. The van der Waals surface area contributed by atoms with Gasteiger partial charge in [0.15, 0.2) is 0 Å². The van der Waals surface area contributed by atoms with Crippen molar-refractivity contribution in [3.05, 3.63) is 35.1 Å². The fraction of sp³-hybridized carbons (Fsp3) is 0.500. The summed E-state index contributed by atoms with van der Waals surface area (Å²) in [5.41, 5.74) is 0.827. The molecule has 1 aromatic carbocycles. The smallest absolute Gasteiger partial charge is 0.141 e. The van der Waals surface area contributed by atoms with E-state index in [-0.39, 0.29) is 11.7 Å². The summed E-state index contributed by atoms with van der Waals surface area (Å²) >= 11 is 0. The molecule has 3 heteroatoms. The first-order valence-corrected chi connectivity index (χ1v) is 5.99. The van der Waals surface area contributed by atoms with Crippen molar-refractivity contribution in [1.82, 2.24) is 0 Å². The minimum Gasteiger partial charge on any atom is -0.376 e. The monoisotopic (exact) mass is 233 g/mol. The number of hydrogen-bond donors (Lipinski definition) is 0. The van der Waals surface area contributed by atoms with Crippen LogP contribution in [0, 0.1) is 23.1 Å². The van der Waals surface area contributed by atoms with Gasteiger partial charge in [0, 0.05) is 12.7 Å². The van der Waals surface area contributed by atoms with Crippen molar-refractivity contribution in [1.29, 1.82) is 5.26 Å². The molecule has 1 aliphatic carbocycles. The maximum atomic E-state index is 13.6. The van der Waals surface area contributed by atoms with Crippen LogP contribution in [0.25, 0.3) is 0 Å². The summed E-state index contributed by atoms with van der Waals surface area (Å²) in [6.45, 7) is 0. The summed E-state index contributed by atoms with van der Waals surface area (Å²) < 4.78 is 19.1. The molecule has 0 spiro atoms. The Balaban J connectivity index is 2.37. The molecule has 0 aliphatic heterocycles. The third kappa shape index (κ3) is 2.32. The Kier molecular flexibility index (Phi) is 3.75. The second kappa shape index (κ2) is 5.29. The molecule has 1 aliphatic rings. The van der Waals surface area contributed by atoms with Crippen LogP contribution < -0.4 is 0 Å². The van der Waals surface area contributed by atoms with E-state index in [1.807, 2.05) is 6.07 Å². The largest absolute Gasteiger partial charge is 0.376 e. The first-order valence-electron chi connectivity index (χ1n) is 5.99. The van der Waals surface area contributed by atoms with Crippen molar-refractivity contribution in [2.75, 3.05) is 7.11 Å². The Morgan fingerprint density at radius 2 is 2.12 bits per heavy atom. The number of ether oxygens (including phenoxy) is 1. The molecule has 0 N–H and O–H groups in total. The molecular weight excluding hydrogens is 217 g/mol. The fourth-order valence-electron chi connectivity index (χ4n) is 2.73. The number of benzene rings is 1. The highest BCUT2D eigenvalue weighted by Gasteiger charge is 2.28. The average Bonchev–Trinajstić information content (AvgIpc) is 2.84. The lowest BCUT2D eigenvalue weighted by atomic mass is 9.91. The first kappa shape index (κ1) is 12.1. The van der Waals surface area contributed by atoms with E-state index >= 15 is 0 Å². The van der Waals surface area contributed by atoms with E-state index in [2.05, 4.69) is 0 Å². The summed E-state index contributed by atoms with van der Waals surface area (Å²) in [5.74, 6) is -0.0426. The van der Waals surface area contributed by atoms with Crippen molar-refractivity contribution in [2.24, 2.45) is 5.92 Å². The molecule has 1 saturated carbocycles. The molecule has 0 aromatic heterocycles. The highest BCUT2D eigenvalue weighted by molar-refractivity contribution is 5.40. The highest BCUT2D eigenvalue weighted by Crippen LogP contribution is 2.39. The molecule has 1 atom stereocenters. The molecule has 0 heterocycles. The molecule has 0 saturated heterocycles. The van der Waals surface area contributed by atoms with E-state index in [4.69, 9.17) is 10.00 Å². The van der Waals surface area contributed by atoms with E-state index < -0.39 is 5.82 Å². The zero-order chi connectivity index (χ0) is 12.3. The molecule has 17 heavy (non-hydrogen) atoms. The van der Waals surface area contributed by atoms with Gasteiger partial charge in [0.1, 0.15) is 11.9 Å². The molecule has 2 nitrogen and oxygen atoms in total. The number of methoxy groups -OCH3 is 1. The van der Waals surface area contributed by atoms with Crippen LogP contribution in [-0.4, -0.2) is 7.11 Å². The van der Waals surface area contributed by atoms with Crippen LogP contribution in [0.2, 0.25) is 0 Å². The van der Waals surface area contributed by atoms with Gasteiger partial charge in [0.25, 0.3) is 0 Å². The van der Waals surface area contributed by atoms with E-state index in [0.717, 1.165) is 12.8 Å². The third-order valence-electron chi connectivity index (χ3n) is 3.55. The number of hydrogen-bond acceptors (Lipinski definition) is 2. The Labute approximate surface area is 101 Å². The fourth-order valence-corrected chi connectivity index (χ4v) is 2.73. The highest BCUT2D eigenvalue weighted by atomic mass is 19.1. The second-order valence-corrected chi connectivity index (χ2v) is 4.52. The number of halogens is 1. The zero-order valence-electron chi connectivity index (χ0n) is 9.95. The van der Waals surface area contributed by atoms with E-state index in [0.29, 0.717) is 11.5 Å². The lowest BCUT2D eigenvalue weighted by molar-refractivity contribution is 0.0531. The Hall–Kier alpha value is -1.40. The molecular formula is C14H16FNO. The van der Waals surface area contributed by atoms with Crippen molar-refractivity contribution < 1.29 is 9.13 Å². The van der Waals surface area contributed by atoms with Gasteiger partial charge in [-0.15, -0.1) is 0 Å². The number of rotatable bonds is 3. The van der Waals surface area contributed by atoms with Crippen molar-refractivity contribution >= 4 is 0 Å². The standard InChI is InChI=1S/C14H16FNO/c1-17-14(10-5-2-3-6-10)11-7-4-8-13(15)12(11)9-16/h4,7-8,10,14H,2-3,5-6H2,1H3. The van der Waals surface area contributed by atoms with Crippen molar-refractivity contribution in [3.8, 4) is 6.07 Å². The molecule has 2 rings (SSSR count). The van der Waals surface area contributed by atoms with Gasteiger partial charge in [-0.1, -0.05) is 25.0 Å². The van der Waals surface area contributed by atoms with Crippen LogP contribution in [0.1, 0.15) is 42.9 Å². The van der Waals surface area contributed by atoms with Gasteiger partial charge in [-0.05, 0) is 24.8 Å². The normalized spacial score (nSPS) is 17.9. The van der Waals surface area contributed by atoms with Gasteiger partial charge in [-0.25, -0.2) is 4.39 Å². The van der Waals surface area contributed by atoms with Crippen LogP contribution in [0.5, 0.6) is 0 Å². The van der Waals surface area contributed by atoms with Gasteiger partial charge in [0.05, 0.1) is 11.7 Å². The van der Waals surface area contributed by atoms with Crippen LogP contribution in [0.4, 0.5) is 4.39 Å². The van der Waals surface area contributed by atoms with Crippen LogP contribution >= 0.6 is 0 Å². The average molecular weight is 233 g/mol. The summed E-state index contributed by atoms with van der Waals surface area (Å²) in [6, 6.07) is 6.71. The lowest BCUT2D eigenvalue weighted by Crippen LogP contribution is -2.14. The Bertz CT molecular complexity index is 432. The van der Waals surface area contributed by atoms with Gasteiger partial charge in [-0.3, -0.25) is 0 Å². The summed E-state index contributed by atoms with van der Waals surface area (Å²) in [6.07, 6.45) is 4.44. The van der Waals surface area contributed by atoms with Gasteiger partial charge in [0.2, 0.25) is 0 Å². The summed E-state index contributed by atoms with van der Waals surface area (Å²) in [4.78, 5) is 0. The molecule has 1 fully saturated rings. The molecule has 0 amide bonds. The minimum absolute atomic E-state index is 0.131. The predicted molar refractivity (Wildman–Crippen MR) is 62.8 cm³/mol. The summed E-state index contributed by atoms with van der Waals surface area (Å²) in [5, 5.41) is 9.04. The molecule has 90 valence electrons. The first-order chi connectivity index (χ1) is 8.27. The SMILES string of the molecule is COC(c1cccc(F)c1C#N)C1CCCC1.